The SMILES string of the molecule is CN(C)CC/C(=C/C(=O)O)CC(F)(F)F. The van der Waals surface area contributed by atoms with Gasteiger partial charge in [0.05, 0.1) is 6.42 Å². The molecule has 0 rings (SSSR count). The summed E-state index contributed by atoms with van der Waals surface area (Å²) in [7, 11) is 3.43. The lowest BCUT2D eigenvalue weighted by Gasteiger charge is -2.13. The number of carboxylic acids is 1. The van der Waals surface area contributed by atoms with Crippen LogP contribution in [-0.4, -0.2) is 42.8 Å². The van der Waals surface area contributed by atoms with E-state index in [9.17, 15) is 18.0 Å². The standard InChI is InChI=1S/C9H14F3NO2/c1-13(2)4-3-7(5-8(14)15)6-9(10,11)12/h5H,3-4,6H2,1-2H3,(H,14,15)/b7-5-. The van der Waals surface area contributed by atoms with Gasteiger partial charge in [0.25, 0.3) is 0 Å². The second-order valence-electron chi connectivity index (χ2n) is 3.49. The minimum absolute atomic E-state index is 0.108. The number of hydrogen-bond acceptors (Lipinski definition) is 2. The molecule has 0 aromatic carbocycles. The molecule has 0 saturated heterocycles. The van der Waals surface area contributed by atoms with E-state index in [-0.39, 0.29) is 12.0 Å². The summed E-state index contributed by atoms with van der Waals surface area (Å²) in [5.74, 6) is -1.34. The van der Waals surface area contributed by atoms with Crippen molar-refractivity contribution in [3.8, 4) is 0 Å². The Hall–Kier alpha value is -1.04. The van der Waals surface area contributed by atoms with Gasteiger partial charge in [0, 0.05) is 12.6 Å². The molecule has 0 radical (unpaired) electrons. The zero-order chi connectivity index (χ0) is 12.1. The van der Waals surface area contributed by atoms with Crippen molar-refractivity contribution < 1.29 is 23.1 Å². The highest BCUT2D eigenvalue weighted by Crippen LogP contribution is 2.26. The highest BCUT2D eigenvalue weighted by atomic mass is 19.4. The third-order valence-electron chi connectivity index (χ3n) is 1.64. The van der Waals surface area contributed by atoms with E-state index in [0.717, 1.165) is 0 Å². The van der Waals surface area contributed by atoms with Gasteiger partial charge in [0.2, 0.25) is 0 Å². The van der Waals surface area contributed by atoms with Crippen molar-refractivity contribution in [2.75, 3.05) is 20.6 Å². The summed E-state index contributed by atoms with van der Waals surface area (Å²) in [6.45, 7) is 0.398. The Labute approximate surface area is 86.2 Å². The number of alkyl halides is 3. The molecule has 88 valence electrons. The monoisotopic (exact) mass is 225 g/mol. The van der Waals surface area contributed by atoms with E-state index in [1.807, 2.05) is 0 Å². The van der Waals surface area contributed by atoms with Gasteiger partial charge < -0.3 is 10.0 Å². The van der Waals surface area contributed by atoms with Crippen LogP contribution in [0.15, 0.2) is 11.6 Å². The maximum absolute atomic E-state index is 12.0. The lowest BCUT2D eigenvalue weighted by molar-refractivity contribution is -0.132. The molecule has 0 heterocycles. The van der Waals surface area contributed by atoms with Crippen LogP contribution in [0.2, 0.25) is 0 Å². The van der Waals surface area contributed by atoms with Gasteiger partial charge in [0.15, 0.2) is 0 Å². The molecule has 0 atom stereocenters. The Morgan fingerprint density at radius 1 is 1.40 bits per heavy atom. The Balaban J connectivity index is 4.40. The highest BCUT2D eigenvalue weighted by molar-refractivity contribution is 5.80. The first-order valence-electron chi connectivity index (χ1n) is 4.34. The molecule has 0 amide bonds. The van der Waals surface area contributed by atoms with E-state index in [2.05, 4.69) is 0 Å². The number of carboxylic acid groups (broad SMARTS) is 1. The first-order chi connectivity index (χ1) is 6.70. The molecule has 0 aliphatic heterocycles. The van der Waals surface area contributed by atoms with Crippen LogP contribution in [0.3, 0.4) is 0 Å². The summed E-state index contributed by atoms with van der Waals surface area (Å²) in [6, 6.07) is 0. The zero-order valence-electron chi connectivity index (χ0n) is 8.64. The normalized spacial score (nSPS) is 13.3. The maximum atomic E-state index is 12.0. The van der Waals surface area contributed by atoms with Crippen molar-refractivity contribution in [3.05, 3.63) is 11.6 Å². The van der Waals surface area contributed by atoms with Gasteiger partial charge in [-0.15, -0.1) is 0 Å². The molecular formula is C9H14F3NO2. The third kappa shape index (κ3) is 9.27. The van der Waals surface area contributed by atoms with Crippen molar-refractivity contribution in [3.63, 3.8) is 0 Å². The summed E-state index contributed by atoms with van der Waals surface area (Å²) >= 11 is 0. The van der Waals surface area contributed by atoms with Gasteiger partial charge >= 0.3 is 12.1 Å². The molecule has 0 aliphatic carbocycles. The van der Waals surface area contributed by atoms with Gasteiger partial charge in [-0.3, -0.25) is 0 Å². The van der Waals surface area contributed by atoms with E-state index in [0.29, 0.717) is 12.6 Å². The summed E-state index contributed by atoms with van der Waals surface area (Å²) in [5.41, 5.74) is -0.108. The van der Waals surface area contributed by atoms with Gasteiger partial charge in [-0.2, -0.15) is 13.2 Å². The van der Waals surface area contributed by atoms with Crippen LogP contribution < -0.4 is 0 Å². The van der Waals surface area contributed by atoms with E-state index in [1.165, 1.54) is 0 Å². The Morgan fingerprint density at radius 3 is 2.27 bits per heavy atom. The number of hydrogen-bond donors (Lipinski definition) is 1. The smallest absolute Gasteiger partial charge is 0.392 e. The lowest BCUT2D eigenvalue weighted by atomic mass is 10.1. The van der Waals surface area contributed by atoms with Crippen LogP contribution in [0.1, 0.15) is 12.8 Å². The van der Waals surface area contributed by atoms with E-state index >= 15 is 0 Å². The van der Waals surface area contributed by atoms with Crippen molar-refractivity contribution in [2.45, 2.75) is 19.0 Å². The molecule has 0 saturated carbocycles. The molecule has 0 fully saturated rings. The van der Waals surface area contributed by atoms with Gasteiger partial charge in [-0.25, -0.2) is 4.79 Å². The van der Waals surface area contributed by atoms with Crippen molar-refractivity contribution in [2.24, 2.45) is 0 Å². The number of aliphatic carboxylic acids is 1. The zero-order valence-corrected chi connectivity index (χ0v) is 8.64. The van der Waals surface area contributed by atoms with Crippen molar-refractivity contribution in [1.29, 1.82) is 0 Å². The average Bonchev–Trinajstić information content (AvgIpc) is 1.95. The minimum Gasteiger partial charge on any atom is -0.478 e. The summed E-state index contributed by atoms with van der Waals surface area (Å²) in [4.78, 5) is 12.0. The van der Waals surface area contributed by atoms with E-state index < -0.39 is 18.6 Å². The van der Waals surface area contributed by atoms with E-state index in [1.54, 1.807) is 19.0 Å². The molecule has 0 spiro atoms. The second-order valence-corrected chi connectivity index (χ2v) is 3.49. The van der Waals surface area contributed by atoms with Crippen molar-refractivity contribution in [1.82, 2.24) is 4.90 Å². The molecular weight excluding hydrogens is 211 g/mol. The van der Waals surface area contributed by atoms with Crippen molar-refractivity contribution >= 4 is 5.97 Å². The number of nitrogens with zero attached hydrogens (tertiary/aromatic N) is 1. The first-order valence-corrected chi connectivity index (χ1v) is 4.34. The number of halogens is 3. The molecule has 3 nitrogen and oxygen atoms in total. The summed E-state index contributed by atoms with van der Waals surface area (Å²) < 4.78 is 36.1. The first kappa shape index (κ1) is 14.0. The topological polar surface area (TPSA) is 40.5 Å². The molecule has 1 N–H and O–H groups in total. The van der Waals surface area contributed by atoms with Crippen LogP contribution in [0.5, 0.6) is 0 Å². The fraction of sp³-hybridized carbons (Fsp3) is 0.667. The third-order valence-corrected chi connectivity index (χ3v) is 1.64. The molecule has 0 aliphatic rings. The Kier molecular flexibility index (Phi) is 5.35. The molecule has 6 heteroatoms. The largest absolute Gasteiger partial charge is 0.478 e. The summed E-state index contributed by atoms with van der Waals surface area (Å²) in [5, 5.41) is 8.39. The average molecular weight is 225 g/mol. The molecule has 0 aromatic rings. The Morgan fingerprint density at radius 2 is 1.93 bits per heavy atom. The fourth-order valence-electron chi connectivity index (χ4n) is 1.01. The lowest BCUT2D eigenvalue weighted by Crippen LogP contribution is -2.16. The van der Waals surface area contributed by atoms with Crippen LogP contribution in [-0.2, 0) is 4.79 Å². The van der Waals surface area contributed by atoms with Crippen LogP contribution in [0.25, 0.3) is 0 Å². The molecule has 0 bridgehead atoms. The quantitative estimate of drug-likeness (QED) is 0.726. The maximum Gasteiger partial charge on any atom is 0.392 e. The van der Waals surface area contributed by atoms with Gasteiger partial charge in [-0.1, -0.05) is 5.57 Å². The number of carbonyl (C=O) groups is 1. The summed E-state index contributed by atoms with van der Waals surface area (Å²) in [6.07, 6.45) is -4.77. The molecule has 15 heavy (non-hydrogen) atoms. The Bertz CT molecular complexity index is 246. The molecule has 0 unspecified atom stereocenters. The fourth-order valence-corrected chi connectivity index (χ4v) is 1.01. The minimum atomic E-state index is -4.35. The van der Waals surface area contributed by atoms with Crippen LogP contribution >= 0.6 is 0 Å². The van der Waals surface area contributed by atoms with Gasteiger partial charge in [0.1, 0.15) is 0 Å². The number of rotatable bonds is 5. The highest BCUT2D eigenvalue weighted by Gasteiger charge is 2.28. The van der Waals surface area contributed by atoms with Crippen LogP contribution in [0.4, 0.5) is 13.2 Å². The predicted octanol–water partition coefficient (Wildman–Crippen LogP) is 1.90. The predicted molar refractivity (Wildman–Crippen MR) is 49.6 cm³/mol. The second kappa shape index (κ2) is 5.75. The van der Waals surface area contributed by atoms with Gasteiger partial charge in [-0.05, 0) is 20.5 Å². The molecule has 0 aromatic heterocycles. The van der Waals surface area contributed by atoms with E-state index in [4.69, 9.17) is 5.11 Å². The van der Waals surface area contributed by atoms with Crippen LogP contribution in [0, 0.1) is 0 Å².